The van der Waals surface area contributed by atoms with E-state index in [4.69, 9.17) is 0 Å². The van der Waals surface area contributed by atoms with Crippen LogP contribution in [-0.4, -0.2) is 40.3 Å². The molecular formula is C12H16N6. The number of hydrogen-bond donors (Lipinski definition) is 3. The van der Waals surface area contributed by atoms with Crippen LogP contribution in [0.15, 0.2) is 24.3 Å². The summed E-state index contributed by atoms with van der Waals surface area (Å²) in [5.74, 6) is 0.722. The summed E-state index contributed by atoms with van der Waals surface area (Å²) in [5.41, 5.74) is 2.52. The van der Waals surface area contributed by atoms with Crippen molar-refractivity contribution in [2.45, 2.75) is 12.5 Å². The molecule has 1 fully saturated rings. The van der Waals surface area contributed by atoms with Crippen molar-refractivity contribution in [2.24, 2.45) is 0 Å². The van der Waals surface area contributed by atoms with Crippen molar-refractivity contribution in [3.8, 4) is 0 Å². The van der Waals surface area contributed by atoms with Gasteiger partial charge in [-0.05, 0) is 11.1 Å². The second kappa shape index (κ2) is 5.24. The molecule has 3 rings (SSSR count). The van der Waals surface area contributed by atoms with Crippen LogP contribution in [0.2, 0.25) is 0 Å². The van der Waals surface area contributed by atoms with Crippen LogP contribution in [-0.2, 0) is 6.42 Å². The molecule has 6 heteroatoms. The number of rotatable bonds is 3. The van der Waals surface area contributed by atoms with E-state index in [1.807, 2.05) is 0 Å². The Hall–Kier alpha value is -1.79. The molecule has 3 N–H and O–H groups in total. The fourth-order valence-corrected chi connectivity index (χ4v) is 2.20. The van der Waals surface area contributed by atoms with E-state index in [1.165, 1.54) is 11.1 Å². The van der Waals surface area contributed by atoms with Crippen LogP contribution in [0.5, 0.6) is 0 Å². The van der Waals surface area contributed by atoms with E-state index >= 15 is 0 Å². The van der Waals surface area contributed by atoms with Crippen molar-refractivity contribution in [2.75, 3.05) is 19.6 Å². The van der Waals surface area contributed by atoms with Gasteiger partial charge in [-0.2, -0.15) is 5.21 Å². The zero-order valence-corrected chi connectivity index (χ0v) is 10.1. The molecule has 6 nitrogen and oxygen atoms in total. The third-order valence-corrected chi connectivity index (χ3v) is 3.17. The number of nitrogens with zero attached hydrogens (tertiary/aromatic N) is 3. The van der Waals surface area contributed by atoms with Crippen LogP contribution in [0, 0.1) is 0 Å². The molecule has 1 aromatic carbocycles. The minimum absolute atomic E-state index is 0.415. The van der Waals surface area contributed by atoms with Crippen molar-refractivity contribution >= 4 is 0 Å². The lowest BCUT2D eigenvalue weighted by atomic mass is 10.0. The van der Waals surface area contributed by atoms with Gasteiger partial charge in [0.25, 0.3) is 0 Å². The quantitative estimate of drug-likeness (QED) is 0.709. The van der Waals surface area contributed by atoms with Gasteiger partial charge in [0.05, 0.1) is 0 Å². The van der Waals surface area contributed by atoms with Gasteiger partial charge in [-0.1, -0.05) is 29.5 Å². The zero-order chi connectivity index (χ0) is 12.2. The topological polar surface area (TPSA) is 78.5 Å². The lowest BCUT2D eigenvalue weighted by Gasteiger charge is -2.24. The molecule has 0 spiro atoms. The van der Waals surface area contributed by atoms with Crippen molar-refractivity contribution in [1.82, 2.24) is 31.3 Å². The molecule has 1 aromatic heterocycles. The largest absolute Gasteiger partial charge is 0.314 e. The summed E-state index contributed by atoms with van der Waals surface area (Å²) >= 11 is 0. The Morgan fingerprint density at radius 2 is 2.06 bits per heavy atom. The highest BCUT2D eigenvalue weighted by Crippen LogP contribution is 2.15. The maximum atomic E-state index is 3.95. The van der Waals surface area contributed by atoms with Gasteiger partial charge in [-0.15, -0.1) is 10.2 Å². The predicted molar refractivity (Wildman–Crippen MR) is 67.0 cm³/mol. The molecule has 1 atom stereocenters. The van der Waals surface area contributed by atoms with Gasteiger partial charge in [0.2, 0.25) is 0 Å². The summed E-state index contributed by atoms with van der Waals surface area (Å²) < 4.78 is 0. The normalized spacial score (nSPS) is 19.9. The Morgan fingerprint density at radius 3 is 2.72 bits per heavy atom. The van der Waals surface area contributed by atoms with Gasteiger partial charge in [-0.25, -0.2) is 0 Å². The molecule has 94 valence electrons. The highest BCUT2D eigenvalue weighted by Gasteiger charge is 2.13. The number of H-pyrrole nitrogens is 1. The second-order valence-corrected chi connectivity index (χ2v) is 4.46. The summed E-state index contributed by atoms with van der Waals surface area (Å²) in [5, 5.41) is 20.8. The number of hydrogen-bond acceptors (Lipinski definition) is 5. The van der Waals surface area contributed by atoms with E-state index in [1.54, 1.807) is 0 Å². The molecule has 0 aliphatic carbocycles. The lowest BCUT2D eigenvalue weighted by molar-refractivity contribution is 0.430. The number of aromatic amines is 1. The Balaban J connectivity index is 1.68. The highest BCUT2D eigenvalue weighted by molar-refractivity contribution is 5.27. The first-order chi connectivity index (χ1) is 8.92. The molecule has 1 unspecified atom stereocenters. The minimum atomic E-state index is 0.415. The maximum Gasteiger partial charge on any atom is 0.178 e. The first kappa shape index (κ1) is 11.3. The van der Waals surface area contributed by atoms with Gasteiger partial charge in [0.1, 0.15) is 0 Å². The van der Waals surface area contributed by atoms with Crippen molar-refractivity contribution in [1.29, 1.82) is 0 Å². The standard InChI is InChI=1S/C12H16N6/c1-3-10(11-8-13-5-6-14-11)4-2-9(1)7-12-15-17-18-16-12/h1-4,11,13-14H,5-8H2,(H,15,16,17,18). The highest BCUT2D eigenvalue weighted by atomic mass is 15.5. The molecular weight excluding hydrogens is 228 g/mol. The average Bonchev–Trinajstić information content (AvgIpc) is 2.94. The summed E-state index contributed by atoms with van der Waals surface area (Å²) in [7, 11) is 0. The Kier molecular flexibility index (Phi) is 3.29. The summed E-state index contributed by atoms with van der Waals surface area (Å²) in [6.45, 7) is 3.06. The fraction of sp³-hybridized carbons (Fsp3) is 0.417. The Morgan fingerprint density at radius 1 is 1.17 bits per heavy atom. The van der Waals surface area contributed by atoms with Crippen LogP contribution in [0.1, 0.15) is 23.0 Å². The van der Waals surface area contributed by atoms with E-state index < -0.39 is 0 Å². The van der Waals surface area contributed by atoms with Crippen LogP contribution >= 0.6 is 0 Å². The van der Waals surface area contributed by atoms with E-state index in [0.29, 0.717) is 12.5 Å². The Bertz CT molecular complexity index is 472. The molecule has 2 heterocycles. The van der Waals surface area contributed by atoms with Crippen molar-refractivity contribution in [3.05, 3.63) is 41.2 Å². The van der Waals surface area contributed by atoms with Gasteiger partial charge in [-0.3, -0.25) is 0 Å². The van der Waals surface area contributed by atoms with Crippen LogP contribution in [0.25, 0.3) is 0 Å². The monoisotopic (exact) mass is 244 g/mol. The zero-order valence-electron chi connectivity index (χ0n) is 10.1. The molecule has 1 aliphatic heterocycles. The minimum Gasteiger partial charge on any atom is -0.314 e. The third kappa shape index (κ3) is 2.55. The third-order valence-electron chi connectivity index (χ3n) is 3.17. The van der Waals surface area contributed by atoms with Gasteiger partial charge < -0.3 is 10.6 Å². The van der Waals surface area contributed by atoms with Gasteiger partial charge in [0, 0.05) is 32.1 Å². The first-order valence-corrected chi connectivity index (χ1v) is 6.17. The molecule has 0 amide bonds. The van der Waals surface area contributed by atoms with Gasteiger partial charge >= 0.3 is 0 Å². The van der Waals surface area contributed by atoms with E-state index in [9.17, 15) is 0 Å². The molecule has 0 bridgehead atoms. The van der Waals surface area contributed by atoms with Crippen LogP contribution < -0.4 is 10.6 Å². The summed E-state index contributed by atoms with van der Waals surface area (Å²) in [6.07, 6.45) is 0.715. The van der Waals surface area contributed by atoms with Crippen LogP contribution in [0.3, 0.4) is 0 Å². The SMILES string of the molecule is c1cc(C2CNCCN2)ccc1Cc1nn[nH]n1. The predicted octanol–water partition coefficient (Wildman–Crippen LogP) is 0.0244. The first-order valence-electron chi connectivity index (χ1n) is 6.17. The number of nitrogens with one attached hydrogen (secondary N) is 3. The molecule has 1 saturated heterocycles. The number of benzene rings is 1. The van der Waals surface area contributed by atoms with E-state index in [-0.39, 0.29) is 0 Å². The smallest absolute Gasteiger partial charge is 0.178 e. The molecule has 0 radical (unpaired) electrons. The Labute approximate surface area is 105 Å². The second-order valence-electron chi connectivity index (χ2n) is 4.46. The number of piperazine rings is 1. The summed E-state index contributed by atoms with van der Waals surface area (Å²) in [4.78, 5) is 0. The molecule has 1 aliphatic rings. The van der Waals surface area contributed by atoms with Gasteiger partial charge in [0.15, 0.2) is 5.82 Å². The molecule has 0 saturated carbocycles. The van der Waals surface area contributed by atoms with E-state index in [0.717, 1.165) is 25.5 Å². The number of aromatic nitrogens is 4. The molecule has 2 aromatic rings. The average molecular weight is 244 g/mol. The van der Waals surface area contributed by atoms with Crippen molar-refractivity contribution < 1.29 is 0 Å². The summed E-state index contributed by atoms with van der Waals surface area (Å²) in [6, 6.07) is 9.00. The number of tetrazole rings is 1. The van der Waals surface area contributed by atoms with Crippen molar-refractivity contribution in [3.63, 3.8) is 0 Å². The van der Waals surface area contributed by atoms with Crippen LogP contribution in [0.4, 0.5) is 0 Å². The van der Waals surface area contributed by atoms with E-state index in [2.05, 4.69) is 55.5 Å². The maximum absolute atomic E-state index is 3.95. The fourth-order valence-electron chi connectivity index (χ4n) is 2.20. The lowest BCUT2D eigenvalue weighted by Crippen LogP contribution is -2.42. The molecule has 18 heavy (non-hydrogen) atoms.